The van der Waals surface area contributed by atoms with Crippen LogP contribution in [0.5, 0.6) is 5.75 Å². The first-order valence-corrected chi connectivity index (χ1v) is 9.06. The summed E-state index contributed by atoms with van der Waals surface area (Å²) in [6, 6.07) is 12.2. The van der Waals surface area contributed by atoms with Crippen molar-refractivity contribution < 1.29 is 22.7 Å². The second kappa shape index (κ2) is 9.23. The maximum absolute atomic E-state index is 13.0. The molecule has 32 heavy (non-hydrogen) atoms. The Labute approximate surface area is 180 Å². The predicted molar refractivity (Wildman–Crippen MR) is 113 cm³/mol. The summed E-state index contributed by atoms with van der Waals surface area (Å²) >= 11 is 0. The number of halogens is 3. The number of pyridine rings is 1. The summed E-state index contributed by atoms with van der Waals surface area (Å²) in [6.45, 7) is 0. The van der Waals surface area contributed by atoms with Gasteiger partial charge in [-0.05, 0) is 42.0 Å². The van der Waals surface area contributed by atoms with Gasteiger partial charge in [0.25, 0.3) is 0 Å². The van der Waals surface area contributed by atoms with Crippen molar-refractivity contribution in [2.75, 3.05) is 23.2 Å². The number of nitrogens with zero attached hydrogens (tertiary/aromatic N) is 2. The Kier molecular flexibility index (Phi) is 6.46. The number of nitrogen functional groups attached to an aromatic ring is 1. The minimum absolute atomic E-state index is 0.0783. The largest absolute Gasteiger partial charge is 0.495 e. The fourth-order valence-electron chi connectivity index (χ4n) is 2.92. The average molecular weight is 442 g/mol. The van der Waals surface area contributed by atoms with Gasteiger partial charge >= 0.3 is 12.2 Å². The quantitative estimate of drug-likeness (QED) is 0.339. The molecule has 0 unspecified atom stereocenters. The van der Waals surface area contributed by atoms with E-state index in [9.17, 15) is 23.2 Å². The molecular weight excluding hydrogens is 425 g/mol. The number of ether oxygens (including phenoxy) is 1. The van der Waals surface area contributed by atoms with Gasteiger partial charge in [0.2, 0.25) is 0 Å². The second-order valence-corrected chi connectivity index (χ2v) is 6.41. The van der Waals surface area contributed by atoms with Gasteiger partial charge in [0.1, 0.15) is 17.4 Å². The minimum Gasteiger partial charge on any atom is -0.495 e. The molecule has 0 bridgehead atoms. The van der Waals surface area contributed by atoms with Crippen LogP contribution in [0.15, 0.2) is 54.7 Å². The number of nitrogens with two attached hydrogens (primary N) is 1. The molecule has 11 heteroatoms. The van der Waals surface area contributed by atoms with Crippen molar-refractivity contribution >= 4 is 23.2 Å². The molecule has 3 aromatic rings. The normalized spacial score (nSPS) is 10.8. The number of hydrazine groups is 1. The molecule has 8 nitrogen and oxygen atoms in total. The third-order valence-electron chi connectivity index (χ3n) is 4.43. The molecule has 1 aromatic heterocycles. The van der Waals surface area contributed by atoms with E-state index in [1.165, 1.54) is 13.3 Å². The Morgan fingerprint density at radius 3 is 2.44 bits per heavy atom. The zero-order valence-corrected chi connectivity index (χ0v) is 16.6. The summed E-state index contributed by atoms with van der Waals surface area (Å²) in [7, 11) is 1.28. The number of hydrogen-bond donors (Lipinski definition) is 4. The van der Waals surface area contributed by atoms with E-state index >= 15 is 0 Å². The van der Waals surface area contributed by atoms with Crippen LogP contribution in [0.2, 0.25) is 0 Å². The van der Waals surface area contributed by atoms with Crippen molar-refractivity contribution in [1.29, 1.82) is 5.26 Å². The van der Waals surface area contributed by atoms with Crippen LogP contribution in [0.25, 0.3) is 11.1 Å². The Morgan fingerprint density at radius 1 is 1.12 bits per heavy atom. The molecule has 164 valence electrons. The van der Waals surface area contributed by atoms with E-state index in [-0.39, 0.29) is 22.8 Å². The van der Waals surface area contributed by atoms with Crippen LogP contribution in [0.3, 0.4) is 0 Å². The molecule has 2 aromatic carbocycles. The van der Waals surface area contributed by atoms with Crippen LogP contribution < -0.4 is 26.6 Å². The number of benzene rings is 2. The van der Waals surface area contributed by atoms with E-state index in [1.54, 1.807) is 30.3 Å². The Morgan fingerprint density at radius 2 is 1.84 bits per heavy atom. The molecule has 0 aliphatic rings. The topological polar surface area (TPSA) is 125 Å². The molecule has 0 saturated carbocycles. The monoisotopic (exact) mass is 442 g/mol. The SMILES string of the molecule is COc1ccc(C(F)(F)F)cc1NC(=O)Nc1ccc(-c2ccnc(NN)c2C#N)cc1. The average Bonchev–Trinajstić information content (AvgIpc) is 2.78. The minimum atomic E-state index is -4.57. The fraction of sp³-hybridized carbons (Fsp3) is 0.0952. The second-order valence-electron chi connectivity index (χ2n) is 6.41. The zero-order chi connectivity index (χ0) is 23.3. The summed E-state index contributed by atoms with van der Waals surface area (Å²) in [4.78, 5) is 16.3. The van der Waals surface area contributed by atoms with Crippen LogP contribution in [-0.2, 0) is 6.18 Å². The van der Waals surface area contributed by atoms with Gasteiger partial charge in [0.15, 0.2) is 5.82 Å². The lowest BCUT2D eigenvalue weighted by molar-refractivity contribution is -0.137. The van der Waals surface area contributed by atoms with Gasteiger partial charge in [-0.25, -0.2) is 15.6 Å². The smallest absolute Gasteiger partial charge is 0.416 e. The molecule has 1 heterocycles. The standard InChI is InChI=1S/C21H17F3N6O2/c1-32-18-7-4-13(21(22,23)24)10-17(18)29-20(31)28-14-5-2-12(3-6-14)15-8-9-27-19(30-26)16(15)11-25/h2-10H,26H2,1H3,(H,27,30)(H2,28,29,31). The van der Waals surface area contributed by atoms with Gasteiger partial charge in [-0.1, -0.05) is 12.1 Å². The molecule has 0 radical (unpaired) electrons. The maximum Gasteiger partial charge on any atom is 0.416 e. The van der Waals surface area contributed by atoms with E-state index in [0.29, 0.717) is 16.8 Å². The van der Waals surface area contributed by atoms with Gasteiger partial charge < -0.3 is 20.8 Å². The number of rotatable bonds is 5. The number of methoxy groups -OCH3 is 1. The molecule has 3 rings (SSSR count). The highest BCUT2D eigenvalue weighted by Crippen LogP contribution is 2.35. The molecule has 0 atom stereocenters. The third-order valence-corrected chi connectivity index (χ3v) is 4.43. The first kappa shape index (κ1) is 22.4. The highest BCUT2D eigenvalue weighted by molar-refractivity contribution is 6.01. The molecule has 5 N–H and O–H groups in total. The van der Waals surface area contributed by atoms with E-state index in [2.05, 4.69) is 21.0 Å². The number of hydrogen-bond acceptors (Lipinski definition) is 6. The Bertz CT molecular complexity index is 1170. The van der Waals surface area contributed by atoms with Gasteiger partial charge in [0.05, 0.1) is 18.4 Å². The van der Waals surface area contributed by atoms with E-state index in [4.69, 9.17) is 10.6 Å². The van der Waals surface area contributed by atoms with E-state index in [0.717, 1.165) is 18.2 Å². The lowest BCUT2D eigenvalue weighted by Gasteiger charge is -2.14. The molecule has 0 fully saturated rings. The number of carbonyl (C=O) groups excluding carboxylic acids is 1. The lowest BCUT2D eigenvalue weighted by Crippen LogP contribution is -2.20. The number of carbonyl (C=O) groups is 1. The fourth-order valence-corrected chi connectivity index (χ4v) is 2.92. The number of aromatic nitrogens is 1. The molecule has 0 aliphatic heterocycles. The first-order chi connectivity index (χ1) is 15.3. The number of anilines is 3. The lowest BCUT2D eigenvalue weighted by atomic mass is 10.0. The maximum atomic E-state index is 13.0. The van der Waals surface area contributed by atoms with Crippen molar-refractivity contribution in [2.45, 2.75) is 6.18 Å². The van der Waals surface area contributed by atoms with Gasteiger partial charge in [-0.2, -0.15) is 18.4 Å². The van der Waals surface area contributed by atoms with Crippen molar-refractivity contribution in [2.24, 2.45) is 5.84 Å². The Hall–Kier alpha value is -4.30. The highest BCUT2D eigenvalue weighted by atomic mass is 19.4. The van der Waals surface area contributed by atoms with Crippen molar-refractivity contribution in [3.63, 3.8) is 0 Å². The molecule has 0 aliphatic carbocycles. The van der Waals surface area contributed by atoms with Crippen molar-refractivity contribution in [3.8, 4) is 22.9 Å². The molecular formula is C21H17F3N6O2. The molecule has 2 amide bonds. The van der Waals surface area contributed by atoms with Crippen molar-refractivity contribution in [3.05, 3.63) is 65.9 Å². The summed E-state index contributed by atoms with van der Waals surface area (Å²) in [5, 5.41) is 14.3. The zero-order valence-electron chi connectivity index (χ0n) is 16.6. The van der Waals surface area contributed by atoms with Crippen LogP contribution in [0.1, 0.15) is 11.1 Å². The summed E-state index contributed by atoms with van der Waals surface area (Å²) in [5.74, 6) is 5.68. The number of nitrogens with one attached hydrogen (secondary N) is 3. The van der Waals surface area contributed by atoms with Crippen molar-refractivity contribution in [1.82, 2.24) is 4.98 Å². The third kappa shape index (κ3) is 4.88. The summed E-state index contributed by atoms with van der Waals surface area (Å²) in [6.07, 6.45) is -3.07. The predicted octanol–water partition coefficient (Wildman–Crippen LogP) is 4.58. The number of amides is 2. The van der Waals surface area contributed by atoms with Gasteiger partial charge in [0, 0.05) is 17.4 Å². The first-order valence-electron chi connectivity index (χ1n) is 9.06. The van der Waals surface area contributed by atoms with E-state index in [1.807, 2.05) is 6.07 Å². The van der Waals surface area contributed by atoms with Gasteiger partial charge in [-0.3, -0.25) is 0 Å². The Balaban J connectivity index is 1.77. The van der Waals surface area contributed by atoms with Gasteiger partial charge in [-0.15, -0.1) is 0 Å². The summed E-state index contributed by atoms with van der Waals surface area (Å²) in [5.41, 5.74) is 3.20. The summed E-state index contributed by atoms with van der Waals surface area (Å²) < 4.78 is 43.9. The van der Waals surface area contributed by atoms with Crippen LogP contribution >= 0.6 is 0 Å². The van der Waals surface area contributed by atoms with Crippen LogP contribution in [0.4, 0.5) is 35.2 Å². The molecule has 0 spiro atoms. The molecule has 0 saturated heterocycles. The number of nitriles is 1. The number of urea groups is 1. The van der Waals surface area contributed by atoms with Crippen LogP contribution in [0, 0.1) is 11.3 Å². The number of alkyl halides is 3. The van der Waals surface area contributed by atoms with Crippen LogP contribution in [-0.4, -0.2) is 18.1 Å². The highest BCUT2D eigenvalue weighted by Gasteiger charge is 2.31. The van der Waals surface area contributed by atoms with E-state index < -0.39 is 17.8 Å².